The van der Waals surface area contributed by atoms with Crippen LogP contribution in [0.1, 0.15) is 24.0 Å². The van der Waals surface area contributed by atoms with Crippen LogP contribution in [0.15, 0.2) is 59.5 Å². The lowest BCUT2D eigenvalue weighted by Crippen LogP contribution is -2.13. The van der Waals surface area contributed by atoms with Crippen LogP contribution in [-0.4, -0.2) is 14.2 Å². The Kier molecular flexibility index (Phi) is 4.53. The molecule has 5 heteroatoms. The molecular weight excluding hydrogens is 322 g/mol. The number of hydrogen-bond donors (Lipinski definition) is 1. The SMILES string of the molecule is Cc1ccc(S(=O)(=O)Nc2ccccc2/C=C/C(=O)C2CC2)cc1. The minimum atomic E-state index is -3.66. The molecule has 0 bridgehead atoms. The van der Waals surface area contributed by atoms with Gasteiger partial charge in [0.25, 0.3) is 10.0 Å². The first kappa shape index (κ1) is 16.5. The number of carbonyl (C=O) groups excluding carboxylic acids is 1. The maximum atomic E-state index is 12.5. The summed E-state index contributed by atoms with van der Waals surface area (Å²) in [6.45, 7) is 1.90. The first-order valence-corrected chi connectivity index (χ1v) is 9.34. The van der Waals surface area contributed by atoms with Crippen molar-refractivity contribution in [2.45, 2.75) is 24.7 Å². The summed E-state index contributed by atoms with van der Waals surface area (Å²) in [7, 11) is -3.66. The van der Waals surface area contributed by atoms with Crippen molar-refractivity contribution < 1.29 is 13.2 Å². The molecule has 0 aliphatic heterocycles. The molecule has 1 saturated carbocycles. The van der Waals surface area contributed by atoms with Crippen molar-refractivity contribution in [3.63, 3.8) is 0 Å². The number of ketones is 1. The van der Waals surface area contributed by atoms with Crippen LogP contribution in [0.3, 0.4) is 0 Å². The van der Waals surface area contributed by atoms with Gasteiger partial charge in [0.05, 0.1) is 10.6 Å². The zero-order valence-corrected chi connectivity index (χ0v) is 14.2. The van der Waals surface area contributed by atoms with E-state index in [1.807, 2.05) is 13.0 Å². The third kappa shape index (κ3) is 3.92. The van der Waals surface area contributed by atoms with Gasteiger partial charge in [-0.1, -0.05) is 35.9 Å². The predicted octanol–water partition coefficient (Wildman–Crippen LogP) is 3.79. The standard InChI is InChI=1S/C19H19NO3S/c1-14-6-11-17(12-7-14)24(22,23)20-18-5-3-2-4-15(18)10-13-19(21)16-8-9-16/h2-7,10-13,16,20H,8-9H2,1H3/b13-10+. The van der Waals surface area contributed by atoms with Gasteiger partial charge in [-0.25, -0.2) is 8.42 Å². The van der Waals surface area contributed by atoms with Gasteiger partial charge in [-0.15, -0.1) is 0 Å². The fourth-order valence-electron chi connectivity index (χ4n) is 2.33. The van der Waals surface area contributed by atoms with E-state index in [-0.39, 0.29) is 16.6 Å². The van der Waals surface area contributed by atoms with Crippen LogP contribution in [-0.2, 0) is 14.8 Å². The quantitative estimate of drug-likeness (QED) is 0.813. The van der Waals surface area contributed by atoms with Gasteiger partial charge in [-0.3, -0.25) is 9.52 Å². The average Bonchev–Trinajstić information content (AvgIpc) is 3.39. The molecule has 0 atom stereocenters. The Morgan fingerprint density at radius 3 is 2.42 bits per heavy atom. The highest BCUT2D eigenvalue weighted by Crippen LogP contribution is 2.30. The molecule has 0 heterocycles. The van der Waals surface area contributed by atoms with E-state index in [4.69, 9.17) is 0 Å². The zero-order valence-electron chi connectivity index (χ0n) is 13.4. The number of aryl methyl sites for hydroxylation is 1. The molecule has 0 radical (unpaired) electrons. The highest BCUT2D eigenvalue weighted by Gasteiger charge is 2.27. The lowest BCUT2D eigenvalue weighted by atomic mass is 10.1. The second kappa shape index (κ2) is 6.61. The van der Waals surface area contributed by atoms with Crippen molar-refractivity contribution in [3.05, 3.63) is 65.7 Å². The number of rotatable bonds is 6. The van der Waals surface area contributed by atoms with Gasteiger partial charge in [0.15, 0.2) is 5.78 Å². The van der Waals surface area contributed by atoms with Crippen LogP contribution >= 0.6 is 0 Å². The van der Waals surface area contributed by atoms with E-state index in [1.165, 1.54) is 6.08 Å². The topological polar surface area (TPSA) is 63.2 Å². The molecule has 2 aromatic rings. The minimum Gasteiger partial charge on any atom is -0.295 e. The van der Waals surface area contributed by atoms with E-state index in [2.05, 4.69) is 4.72 Å². The Morgan fingerprint density at radius 2 is 1.75 bits per heavy atom. The van der Waals surface area contributed by atoms with Crippen molar-refractivity contribution in [2.24, 2.45) is 5.92 Å². The van der Waals surface area contributed by atoms with Crippen LogP contribution < -0.4 is 4.72 Å². The molecule has 1 aliphatic carbocycles. The largest absolute Gasteiger partial charge is 0.295 e. The number of benzene rings is 2. The van der Waals surface area contributed by atoms with Gasteiger partial charge in [-0.2, -0.15) is 0 Å². The molecular formula is C19H19NO3S. The number of para-hydroxylation sites is 1. The molecule has 0 saturated heterocycles. The first-order chi connectivity index (χ1) is 11.5. The van der Waals surface area contributed by atoms with E-state index >= 15 is 0 Å². The molecule has 0 aromatic heterocycles. The van der Waals surface area contributed by atoms with E-state index < -0.39 is 10.0 Å². The van der Waals surface area contributed by atoms with Crippen molar-refractivity contribution in [3.8, 4) is 0 Å². The van der Waals surface area contributed by atoms with E-state index in [0.29, 0.717) is 11.3 Å². The summed E-state index contributed by atoms with van der Waals surface area (Å²) in [6.07, 6.45) is 5.11. The predicted molar refractivity (Wildman–Crippen MR) is 95.2 cm³/mol. The van der Waals surface area contributed by atoms with Gasteiger partial charge in [0.2, 0.25) is 0 Å². The summed E-state index contributed by atoms with van der Waals surface area (Å²) < 4.78 is 27.6. The number of hydrogen-bond acceptors (Lipinski definition) is 3. The lowest BCUT2D eigenvalue weighted by Gasteiger charge is -2.11. The molecule has 124 valence electrons. The first-order valence-electron chi connectivity index (χ1n) is 7.86. The Balaban J connectivity index is 1.84. The number of sulfonamides is 1. The zero-order chi connectivity index (χ0) is 17.2. The van der Waals surface area contributed by atoms with E-state index in [1.54, 1.807) is 48.5 Å². The number of anilines is 1. The molecule has 3 rings (SSSR count). The molecule has 0 amide bonds. The fourth-order valence-corrected chi connectivity index (χ4v) is 3.42. The summed E-state index contributed by atoms with van der Waals surface area (Å²) in [5.41, 5.74) is 2.12. The average molecular weight is 341 g/mol. The fraction of sp³-hybridized carbons (Fsp3) is 0.211. The molecule has 4 nitrogen and oxygen atoms in total. The molecule has 0 spiro atoms. The highest BCUT2D eigenvalue weighted by molar-refractivity contribution is 7.92. The summed E-state index contributed by atoms with van der Waals surface area (Å²) in [4.78, 5) is 12.0. The maximum Gasteiger partial charge on any atom is 0.261 e. The van der Waals surface area contributed by atoms with Crippen molar-refractivity contribution in [1.29, 1.82) is 0 Å². The summed E-state index contributed by atoms with van der Waals surface area (Å²) >= 11 is 0. The van der Waals surface area contributed by atoms with Crippen LogP contribution in [0.5, 0.6) is 0 Å². The Labute approximate surface area is 142 Å². The highest BCUT2D eigenvalue weighted by atomic mass is 32.2. The van der Waals surface area contributed by atoms with Gasteiger partial charge in [-0.05, 0) is 55.7 Å². The van der Waals surface area contributed by atoms with Crippen molar-refractivity contribution >= 4 is 27.6 Å². The second-order valence-corrected chi connectivity index (χ2v) is 7.70. The molecule has 1 aliphatic rings. The monoisotopic (exact) mass is 341 g/mol. The molecule has 0 unspecified atom stereocenters. The van der Waals surface area contributed by atoms with Crippen molar-refractivity contribution in [2.75, 3.05) is 4.72 Å². The maximum absolute atomic E-state index is 12.5. The van der Waals surface area contributed by atoms with Crippen LogP contribution in [0.2, 0.25) is 0 Å². The molecule has 1 N–H and O–H groups in total. The van der Waals surface area contributed by atoms with Gasteiger partial charge >= 0.3 is 0 Å². The number of allylic oxidation sites excluding steroid dienone is 1. The van der Waals surface area contributed by atoms with Crippen molar-refractivity contribution in [1.82, 2.24) is 0 Å². The summed E-state index contributed by atoms with van der Waals surface area (Å²) in [5.74, 6) is 0.254. The van der Waals surface area contributed by atoms with Crippen LogP contribution in [0.4, 0.5) is 5.69 Å². The Morgan fingerprint density at radius 1 is 1.08 bits per heavy atom. The van der Waals surface area contributed by atoms with E-state index in [0.717, 1.165) is 18.4 Å². The third-order valence-corrected chi connectivity index (χ3v) is 5.32. The molecule has 2 aromatic carbocycles. The summed E-state index contributed by atoms with van der Waals surface area (Å²) in [5, 5.41) is 0. The number of carbonyl (C=O) groups is 1. The number of nitrogens with one attached hydrogen (secondary N) is 1. The normalized spacial score (nSPS) is 14.7. The van der Waals surface area contributed by atoms with Gasteiger partial charge in [0.1, 0.15) is 0 Å². The molecule has 24 heavy (non-hydrogen) atoms. The van der Waals surface area contributed by atoms with Gasteiger partial charge in [0, 0.05) is 5.92 Å². The second-order valence-electron chi connectivity index (χ2n) is 6.02. The minimum absolute atomic E-state index is 0.103. The van der Waals surface area contributed by atoms with Gasteiger partial charge < -0.3 is 0 Å². The smallest absolute Gasteiger partial charge is 0.261 e. The van der Waals surface area contributed by atoms with Crippen LogP contribution in [0, 0.1) is 12.8 Å². The molecule has 1 fully saturated rings. The Hall–Kier alpha value is -2.40. The Bertz CT molecular complexity index is 879. The summed E-state index contributed by atoms with van der Waals surface area (Å²) in [6, 6.07) is 13.7. The van der Waals surface area contributed by atoms with Crippen LogP contribution in [0.25, 0.3) is 6.08 Å². The van der Waals surface area contributed by atoms with E-state index in [9.17, 15) is 13.2 Å². The third-order valence-electron chi connectivity index (χ3n) is 3.94. The lowest BCUT2D eigenvalue weighted by molar-refractivity contribution is -0.115.